The number of likely N-dealkylation sites (N-methyl/N-ethyl adjacent to an activating group) is 1. The number of fused-ring (bicyclic) bond motifs is 1. The Hall–Kier alpha value is -3.59. The number of halogens is 3. The molecular weight excluding hydrogens is 563 g/mol. The number of hydrogen-bond donors (Lipinski definition) is 3. The number of aromatic nitrogens is 1. The fourth-order valence-electron chi connectivity index (χ4n) is 4.09. The number of alkyl halides is 3. The SMILES string of the molecule is CN(CCCC#Cc1ccc(NC(=O)C(F)(F)F)cc1)C[C@H](O[Si](C)(C)C(C)(C)C)c1ccc(O)c2[nH]c(=O)ccc12. The van der Waals surface area contributed by atoms with Gasteiger partial charge in [-0.2, -0.15) is 13.2 Å². The zero-order valence-electron chi connectivity index (χ0n) is 24.8. The maximum absolute atomic E-state index is 12.4. The van der Waals surface area contributed by atoms with E-state index in [1.165, 1.54) is 18.2 Å². The summed E-state index contributed by atoms with van der Waals surface area (Å²) in [7, 11) is -0.188. The summed E-state index contributed by atoms with van der Waals surface area (Å²) in [4.78, 5) is 27.9. The summed E-state index contributed by atoms with van der Waals surface area (Å²) in [6, 6.07) is 12.5. The van der Waals surface area contributed by atoms with Gasteiger partial charge in [0.2, 0.25) is 5.56 Å². The van der Waals surface area contributed by atoms with Crippen molar-refractivity contribution in [3.05, 3.63) is 70.0 Å². The number of benzene rings is 2. The second-order valence-electron chi connectivity index (χ2n) is 11.8. The van der Waals surface area contributed by atoms with Gasteiger partial charge in [-0.25, -0.2) is 0 Å². The van der Waals surface area contributed by atoms with E-state index >= 15 is 0 Å². The van der Waals surface area contributed by atoms with Crippen molar-refractivity contribution in [3.63, 3.8) is 0 Å². The molecule has 0 spiro atoms. The molecule has 42 heavy (non-hydrogen) atoms. The Balaban J connectivity index is 1.67. The van der Waals surface area contributed by atoms with Crippen molar-refractivity contribution in [2.24, 2.45) is 0 Å². The first-order valence-electron chi connectivity index (χ1n) is 13.7. The Morgan fingerprint density at radius 3 is 2.38 bits per heavy atom. The lowest BCUT2D eigenvalue weighted by atomic mass is 10.0. The van der Waals surface area contributed by atoms with Gasteiger partial charge in [0.1, 0.15) is 5.75 Å². The van der Waals surface area contributed by atoms with Crippen molar-refractivity contribution < 1.29 is 27.5 Å². The van der Waals surface area contributed by atoms with Crippen LogP contribution >= 0.6 is 0 Å². The maximum Gasteiger partial charge on any atom is 0.471 e. The van der Waals surface area contributed by atoms with Gasteiger partial charge in [-0.15, -0.1) is 0 Å². The fraction of sp³-hybridized carbons (Fsp3) is 0.419. The molecule has 1 aromatic heterocycles. The fourth-order valence-corrected chi connectivity index (χ4v) is 5.35. The molecule has 11 heteroatoms. The molecule has 1 heterocycles. The van der Waals surface area contributed by atoms with E-state index in [1.54, 1.807) is 24.3 Å². The van der Waals surface area contributed by atoms with E-state index in [0.29, 0.717) is 24.0 Å². The highest BCUT2D eigenvalue weighted by Crippen LogP contribution is 2.41. The summed E-state index contributed by atoms with van der Waals surface area (Å²) < 4.78 is 44.1. The number of amides is 1. The topological polar surface area (TPSA) is 94.7 Å². The monoisotopic (exact) mass is 601 g/mol. The van der Waals surface area contributed by atoms with Crippen molar-refractivity contribution in [3.8, 4) is 17.6 Å². The number of pyridine rings is 1. The van der Waals surface area contributed by atoms with E-state index in [2.05, 4.69) is 55.6 Å². The predicted octanol–water partition coefficient (Wildman–Crippen LogP) is 6.56. The molecule has 0 aliphatic carbocycles. The molecule has 2 aromatic carbocycles. The van der Waals surface area contributed by atoms with Gasteiger partial charge in [0.15, 0.2) is 8.32 Å². The van der Waals surface area contributed by atoms with Gasteiger partial charge in [-0.1, -0.05) is 38.7 Å². The van der Waals surface area contributed by atoms with Crippen molar-refractivity contribution in [2.45, 2.75) is 64.0 Å². The first-order chi connectivity index (χ1) is 19.5. The lowest BCUT2D eigenvalue weighted by molar-refractivity contribution is -0.167. The average molecular weight is 602 g/mol. The molecule has 226 valence electrons. The summed E-state index contributed by atoms with van der Waals surface area (Å²) in [6.45, 7) is 12.2. The van der Waals surface area contributed by atoms with Crippen LogP contribution in [-0.4, -0.2) is 55.5 Å². The summed E-state index contributed by atoms with van der Waals surface area (Å²) >= 11 is 0. The lowest BCUT2D eigenvalue weighted by Gasteiger charge is -2.40. The molecule has 1 atom stereocenters. The molecule has 3 N–H and O–H groups in total. The highest BCUT2D eigenvalue weighted by molar-refractivity contribution is 6.74. The molecule has 0 unspecified atom stereocenters. The molecule has 0 fully saturated rings. The predicted molar refractivity (Wildman–Crippen MR) is 162 cm³/mol. The van der Waals surface area contributed by atoms with Crippen LogP contribution in [0.25, 0.3) is 10.9 Å². The minimum absolute atomic E-state index is 0.00477. The molecule has 0 radical (unpaired) electrons. The van der Waals surface area contributed by atoms with Crippen LogP contribution in [0.15, 0.2) is 53.3 Å². The van der Waals surface area contributed by atoms with Crippen molar-refractivity contribution in [1.82, 2.24) is 9.88 Å². The van der Waals surface area contributed by atoms with Gasteiger partial charge in [-0.05, 0) is 80.1 Å². The van der Waals surface area contributed by atoms with Gasteiger partial charge >= 0.3 is 12.1 Å². The first-order valence-corrected chi connectivity index (χ1v) is 16.6. The smallest absolute Gasteiger partial charge is 0.471 e. The minimum Gasteiger partial charge on any atom is -0.506 e. The first kappa shape index (κ1) is 32.9. The number of carbonyl (C=O) groups excluding carboxylic acids is 1. The molecular formula is C31H38F3N3O4Si. The molecule has 0 saturated carbocycles. The van der Waals surface area contributed by atoms with Gasteiger partial charge in [-0.3, -0.25) is 9.59 Å². The summed E-state index contributed by atoms with van der Waals surface area (Å²) in [5.74, 6) is 4.08. The molecule has 3 aromatic rings. The molecule has 0 aliphatic rings. The van der Waals surface area contributed by atoms with Gasteiger partial charge < -0.3 is 24.7 Å². The number of nitrogens with zero attached hydrogens (tertiary/aromatic N) is 1. The van der Waals surface area contributed by atoms with Crippen LogP contribution in [0.5, 0.6) is 5.75 Å². The molecule has 0 bridgehead atoms. The number of nitrogens with one attached hydrogen (secondary N) is 2. The number of H-pyrrole nitrogens is 1. The van der Waals surface area contributed by atoms with Crippen molar-refractivity contribution in [1.29, 1.82) is 0 Å². The summed E-state index contributed by atoms with van der Waals surface area (Å²) in [6.07, 6.45) is -3.86. The normalized spacial score (nSPS) is 13.1. The number of aromatic hydroxyl groups is 1. The van der Waals surface area contributed by atoms with E-state index in [9.17, 15) is 27.9 Å². The Morgan fingerprint density at radius 2 is 1.76 bits per heavy atom. The lowest BCUT2D eigenvalue weighted by Crippen LogP contribution is -2.43. The van der Waals surface area contributed by atoms with Gasteiger partial charge in [0.05, 0.1) is 11.6 Å². The number of hydrogen-bond acceptors (Lipinski definition) is 5. The van der Waals surface area contributed by atoms with Crippen LogP contribution in [0.1, 0.15) is 50.8 Å². The molecule has 1 amide bonds. The maximum atomic E-state index is 12.4. The molecule has 3 rings (SSSR count). The van der Waals surface area contributed by atoms with Gasteiger partial charge in [0.25, 0.3) is 0 Å². The van der Waals surface area contributed by atoms with Crippen LogP contribution < -0.4 is 10.9 Å². The van der Waals surface area contributed by atoms with E-state index in [0.717, 1.165) is 23.9 Å². The van der Waals surface area contributed by atoms with E-state index < -0.39 is 20.4 Å². The quantitative estimate of drug-likeness (QED) is 0.147. The average Bonchev–Trinajstić information content (AvgIpc) is 2.88. The van der Waals surface area contributed by atoms with Gasteiger partial charge in [0, 0.05) is 35.7 Å². The molecule has 7 nitrogen and oxygen atoms in total. The second kappa shape index (κ2) is 13.1. The van der Waals surface area contributed by atoms with E-state index in [4.69, 9.17) is 4.43 Å². The standard InChI is InChI=1S/C31H38F3N3O4Si/c1-30(2,3)42(5,6)41-26(23-15-17-25(38)28-24(23)16-18-27(39)36-28)20-37(4)19-9-7-8-10-21-11-13-22(14-12-21)35-29(40)31(32,33)34/h11-18,26,38H,7,9,19-20H2,1-6H3,(H,35,40)(H,36,39)/t26-/m0/s1. The van der Waals surface area contributed by atoms with Crippen LogP contribution in [0, 0.1) is 11.8 Å². The van der Waals surface area contributed by atoms with E-state index in [1.807, 2.05) is 18.4 Å². The Morgan fingerprint density at radius 1 is 1.10 bits per heavy atom. The third-order valence-electron chi connectivity index (χ3n) is 7.45. The van der Waals surface area contributed by atoms with Crippen LogP contribution in [0.4, 0.5) is 18.9 Å². The third-order valence-corrected chi connectivity index (χ3v) is 11.9. The number of phenolic OH excluding ortho intramolecular Hbond substituents is 1. The number of phenols is 1. The Kier molecular flexibility index (Phi) is 10.3. The summed E-state index contributed by atoms with van der Waals surface area (Å²) in [5, 5.41) is 12.9. The second-order valence-corrected chi connectivity index (χ2v) is 16.6. The van der Waals surface area contributed by atoms with Crippen LogP contribution in [0.2, 0.25) is 18.1 Å². The number of aromatic amines is 1. The number of rotatable bonds is 9. The zero-order valence-corrected chi connectivity index (χ0v) is 25.8. The van der Waals surface area contributed by atoms with E-state index in [-0.39, 0.29) is 28.1 Å². The van der Waals surface area contributed by atoms with Crippen molar-refractivity contribution in [2.75, 3.05) is 25.5 Å². The molecule has 0 saturated heterocycles. The number of anilines is 1. The largest absolute Gasteiger partial charge is 0.506 e. The summed E-state index contributed by atoms with van der Waals surface area (Å²) in [5.41, 5.74) is 1.67. The highest BCUT2D eigenvalue weighted by Gasteiger charge is 2.40. The van der Waals surface area contributed by atoms with Crippen LogP contribution in [-0.2, 0) is 9.22 Å². The molecule has 0 aliphatic heterocycles. The Labute approximate surface area is 245 Å². The van der Waals surface area contributed by atoms with Crippen molar-refractivity contribution >= 4 is 30.8 Å². The highest BCUT2D eigenvalue weighted by atomic mass is 28.4. The number of carbonyl (C=O) groups is 1. The number of unbranched alkanes of at least 4 members (excludes halogenated alkanes) is 1. The Bertz CT molecular complexity index is 1520. The van der Waals surface area contributed by atoms with Crippen LogP contribution in [0.3, 0.4) is 0 Å². The minimum atomic E-state index is -4.94. The third kappa shape index (κ3) is 8.71. The zero-order chi connectivity index (χ0) is 31.3.